The van der Waals surface area contributed by atoms with E-state index in [4.69, 9.17) is 0 Å². The second-order valence-corrected chi connectivity index (χ2v) is 6.59. The molecule has 90 valence electrons. The third kappa shape index (κ3) is 4.40. The van der Waals surface area contributed by atoms with Crippen molar-refractivity contribution >= 4 is 43.6 Å². The van der Waals surface area contributed by atoms with Crippen molar-refractivity contribution in [3.63, 3.8) is 0 Å². The summed E-state index contributed by atoms with van der Waals surface area (Å²) in [5.41, 5.74) is 1.30. The van der Waals surface area contributed by atoms with Crippen LogP contribution in [0.5, 0.6) is 0 Å². The summed E-state index contributed by atoms with van der Waals surface area (Å²) in [5, 5.41) is 3.59. The monoisotopic (exact) mass is 365 g/mol. The molecule has 2 atom stereocenters. The van der Waals surface area contributed by atoms with Crippen LogP contribution in [-0.4, -0.2) is 18.1 Å². The third-order valence-electron chi connectivity index (χ3n) is 2.38. The summed E-state index contributed by atoms with van der Waals surface area (Å²) in [6.07, 6.45) is 2.14. The second-order valence-electron chi connectivity index (χ2n) is 3.91. The van der Waals surface area contributed by atoms with Crippen molar-refractivity contribution in [2.24, 2.45) is 0 Å². The predicted octanol–water partition coefficient (Wildman–Crippen LogP) is 4.61. The maximum atomic E-state index is 3.60. The Morgan fingerprint density at radius 3 is 2.56 bits per heavy atom. The lowest BCUT2D eigenvalue weighted by molar-refractivity contribution is 0.510. The van der Waals surface area contributed by atoms with E-state index < -0.39 is 0 Å². The molecule has 0 aliphatic carbocycles. The minimum absolute atomic E-state index is 0.365. The Morgan fingerprint density at radius 1 is 1.31 bits per heavy atom. The van der Waals surface area contributed by atoms with Crippen molar-refractivity contribution in [2.45, 2.75) is 25.9 Å². The van der Waals surface area contributed by atoms with E-state index in [1.54, 1.807) is 0 Å². The highest BCUT2D eigenvalue weighted by atomic mass is 79.9. The first-order valence-electron chi connectivity index (χ1n) is 5.24. The molecule has 0 saturated carbocycles. The van der Waals surface area contributed by atoms with Gasteiger partial charge >= 0.3 is 0 Å². The molecular formula is C12H17Br2NS. The van der Waals surface area contributed by atoms with Crippen LogP contribution in [-0.2, 0) is 0 Å². The van der Waals surface area contributed by atoms with Gasteiger partial charge in [-0.25, -0.2) is 0 Å². The van der Waals surface area contributed by atoms with E-state index in [-0.39, 0.29) is 0 Å². The molecule has 0 aliphatic rings. The Hall–Kier alpha value is 0.490. The van der Waals surface area contributed by atoms with Gasteiger partial charge in [-0.1, -0.05) is 37.9 Å². The molecule has 0 bridgehead atoms. The van der Waals surface area contributed by atoms with E-state index in [1.807, 2.05) is 11.8 Å². The van der Waals surface area contributed by atoms with Gasteiger partial charge in [0.2, 0.25) is 0 Å². The molecule has 0 spiro atoms. The molecular weight excluding hydrogens is 350 g/mol. The van der Waals surface area contributed by atoms with Crippen LogP contribution in [0.1, 0.15) is 25.5 Å². The summed E-state index contributed by atoms with van der Waals surface area (Å²) in [4.78, 5) is 0. The number of benzene rings is 1. The summed E-state index contributed by atoms with van der Waals surface area (Å²) in [6, 6.07) is 7.22. The Labute approximate surface area is 119 Å². The molecule has 1 aromatic carbocycles. The first-order chi connectivity index (χ1) is 7.54. The number of rotatable bonds is 5. The van der Waals surface area contributed by atoms with Gasteiger partial charge in [0, 0.05) is 26.8 Å². The van der Waals surface area contributed by atoms with Crippen LogP contribution in [0.15, 0.2) is 27.1 Å². The SMILES string of the molecule is CSCC(C)NC(C)c1ccc(Br)cc1Br. The predicted molar refractivity (Wildman–Crippen MR) is 81.2 cm³/mol. The largest absolute Gasteiger partial charge is 0.307 e. The topological polar surface area (TPSA) is 12.0 Å². The average Bonchev–Trinajstić information content (AvgIpc) is 2.17. The van der Waals surface area contributed by atoms with Crippen LogP contribution in [0, 0.1) is 0 Å². The van der Waals surface area contributed by atoms with Gasteiger partial charge in [-0.2, -0.15) is 11.8 Å². The zero-order chi connectivity index (χ0) is 12.1. The number of halogens is 2. The standard InChI is InChI=1S/C12H17Br2NS/c1-8(7-16-3)15-9(2)11-5-4-10(13)6-12(11)14/h4-6,8-9,15H,7H2,1-3H3. The van der Waals surface area contributed by atoms with Gasteiger partial charge in [0.25, 0.3) is 0 Å². The molecule has 0 fully saturated rings. The van der Waals surface area contributed by atoms with Crippen LogP contribution >= 0.6 is 43.6 Å². The summed E-state index contributed by atoms with van der Waals surface area (Å²) in [5.74, 6) is 1.14. The lowest BCUT2D eigenvalue weighted by Crippen LogP contribution is -2.30. The quantitative estimate of drug-likeness (QED) is 0.816. The van der Waals surface area contributed by atoms with Crippen molar-refractivity contribution in [1.82, 2.24) is 5.32 Å². The average molecular weight is 367 g/mol. The van der Waals surface area contributed by atoms with E-state index in [0.717, 1.165) is 14.7 Å². The van der Waals surface area contributed by atoms with Gasteiger partial charge in [-0.05, 0) is 37.8 Å². The van der Waals surface area contributed by atoms with Gasteiger partial charge in [0.05, 0.1) is 0 Å². The van der Waals surface area contributed by atoms with E-state index >= 15 is 0 Å². The number of nitrogens with one attached hydrogen (secondary N) is 1. The molecule has 0 aliphatic heterocycles. The Kier molecular flexibility index (Phi) is 6.40. The summed E-state index contributed by atoms with van der Waals surface area (Å²) < 4.78 is 2.26. The molecule has 1 N–H and O–H groups in total. The zero-order valence-electron chi connectivity index (χ0n) is 9.76. The lowest BCUT2D eigenvalue weighted by Gasteiger charge is -2.20. The van der Waals surface area contributed by atoms with Crippen molar-refractivity contribution in [2.75, 3.05) is 12.0 Å². The van der Waals surface area contributed by atoms with Crippen LogP contribution in [0.2, 0.25) is 0 Å². The van der Waals surface area contributed by atoms with E-state index in [9.17, 15) is 0 Å². The minimum Gasteiger partial charge on any atom is -0.307 e. The molecule has 0 aromatic heterocycles. The molecule has 2 unspecified atom stereocenters. The molecule has 1 nitrogen and oxygen atoms in total. The summed E-state index contributed by atoms with van der Waals surface area (Å²) in [7, 11) is 0. The molecule has 0 heterocycles. The van der Waals surface area contributed by atoms with Crippen molar-refractivity contribution in [1.29, 1.82) is 0 Å². The van der Waals surface area contributed by atoms with Crippen molar-refractivity contribution < 1.29 is 0 Å². The van der Waals surface area contributed by atoms with Crippen molar-refractivity contribution in [3.8, 4) is 0 Å². The molecule has 1 rings (SSSR count). The highest BCUT2D eigenvalue weighted by Gasteiger charge is 2.11. The Balaban J connectivity index is 2.69. The van der Waals surface area contributed by atoms with Crippen molar-refractivity contribution in [3.05, 3.63) is 32.7 Å². The maximum absolute atomic E-state index is 3.60. The van der Waals surface area contributed by atoms with Crippen LogP contribution in [0.4, 0.5) is 0 Å². The van der Waals surface area contributed by atoms with Crippen LogP contribution in [0.25, 0.3) is 0 Å². The molecule has 1 aromatic rings. The highest BCUT2D eigenvalue weighted by Crippen LogP contribution is 2.27. The first-order valence-corrected chi connectivity index (χ1v) is 8.22. The fourth-order valence-electron chi connectivity index (χ4n) is 1.67. The van der Waals surface area contributed by atoms with Gasteiger partial charge in [0.15, 0.2) is 0 Å². The van der Waals surface area contributed by atoms with Gasteiger partial charge in [0.1, 0.15) is 0 Å². The van der Waals surface area contributed by atoms with E-state index in [1.165, 1.54) is 5.56 Å². The third-order valence-corrected chi connectivity index (χ3v) is 4.39. The maximum Gasteiger partial charge on any atom is 0.0305 e. The van der Waals surface area contributed by atoms with E-state index in [0.29, 0.717) is 12.1 Å². The van der Waals surface area contributed by atoms with Gasteiger partial charge in [-0.3, -0.25) is 0 Å². The smallest absolute Gasteiger partial charge is 0.0305 e. The second kappa shape index (κ2) is 7.04. The number of thioether (sulfide) groups is 1. The number of hydrogen-bond acceptors (Lipinski definition) is 2. The Bertz CT molecular complexity index is 344. The molecule has 0 amide bonds. The molecule has 4 heteroatoms. The number of hydrogen-bond donors (Lipinski definition) is 1. The normalized spacial score (nSPS) is 14.8. The first kappa shape index (κ1) is 14.6. The lowest BCUT2D eigenvalue weighted by atomic mass is 10.1. The Morgan fingerprint density at radius 2 is 2.00 bits per heavy atom. The van der Waals surface area contributed by atoms with E-state index in [2.05, 4.69) is 75.5 Å². The molecule has 16 heavy (non-hydrogen) atoms. The van der Waals surface area contributed by atoms with Gasteiger partial charge < -0.3 is 5.32 Å². The summed E-state index contributed by atoms with van der Waals surface area (Å²) in [6.45, 7) is 4.42. The minimum atomic E-state index is 0.365. The van der Waals surface area contributed by atoms with Gasteiger partial charge in [-0.15, -0.1) is 0 Å². The fourth-order valence-corrected chi connectivity index (χ4v) is 3.65. The highest BCUT2D eigenvalue weighted by molar-refractivity contribution is 9.11. The zero-order valence-corrected chi connectivity index (χ0v) is 13.7. The fraction of sp³-hybridized carbons (Fsp3) is 0.500. The van der Waals surface area contributed by atoms with Crippen LogP contribution < -0.4 is 5.32 Å². The van der Waals surface area contributed by atoms with Crippen LogP contribution in [0.3, 0.4) is 0 Å². The molecule has 0 saturated heterocycles. The molecule has 0 radical (unpaired) electrons. The summed E-state index contributed by atoms with van der Waals surface area (Å²) >= 11 is 8.94.